The summed E-state index contributed by atoms with van der Waals surface area (Å²) in [4.78, 5) is 2.84. The minimum atomic E-state index is 0.365. The molecule has 1 saturated carbocycles. The lowest BCUT2D eigenvalue weighted by Crippen LogP contribution is -2.55. The van der Waals surface area contributed by atoms with Crippen LogP contribution in [0.15, 0.2) is 0 Å². The van der Waals surface area contributed by atoms with Crippen LogP contribution in [0.5, 0.6) is 0 Å². The summed E-state index contributed by atoms with van der Waals surface area (Å²) in [6.07, 6.45) is 9.52. The first-order valence-electron chi connectivity index (χ1n) is 8.52. The van der Waals surface area contributed by atoms with Gasteiger partial charge in [-0.2, -0.15) is 0 Å². The summed E-state index contributed by atoms with van der Waals surface area (Å²) in [7, 11) is 0. The van der Waals surface area contributed by atoms with Gasteiger partial charge in [0, 0.05) is 18.1 Å². The van der Waals surface area contributed by atoms with Gasteiger partial charge in [0.05, 0.1) is 0 Å². The van der Waals surface area contributed by atoms with Gasteiger partial charge in [-0.15, -0.1) is 0 Å². The molecule has 0 bridgehead atoms. The summed E-state index contributed by atoms with van der Waals surface area (Å²) in [6, 6.07) is 0.804. The molecule has 2 rings (SSSR count). The number of nitrogens with zero attached hydrogens (tertiary/aromatic N) is 1. The molecule has 0 amide bonds. The van der Waals surface area contributed by atoms with Gasteiger partial charge in [0.2, 0.25) is 0 Å². The van der Waals surface area contributed by atoms with Crippen molar-refractivity contribution in [1.82, 2.24) is 10.2 Å². The Morgan fingerprint density at radius 2 is 1.84 bits per heavy atom. The molecular formula is C17H34N2. The van der Waals surface area contributed by atoms with Crippen molar-refractivity contribution in [3.8, 4) is 0 Å². The van der Waals surface area contributed by atoms with Crippen molar-refractivity contribution in [2.45, 2.75) is 84.2 Å². The van der Waals surface area contributed by atoms with Crippen molar-refractivity contribution in [1.29, 1.82) is 0 Å². The highest BCUT2D eigenvalue weighted by atomic mass is 15.2. The average molecular weight is 266 g/mol. The third-order valence-electron chi connectivity index (χ3n) is 5.87. The first kappa shape index (κ1) is 15.3. The quantitative estimate of drug-likeness (QED) is 0.835. The molecule has 1 atom stereocenters. The zero-order chi connectivity index (χ0) is 13.9. The maximum Gasteiger partial charge on any atom is 0.0303 e. The summed E-state index contributed by atoms with van der Waals surface area (Å²) >= 11 is 0. The molecular weight excluding hydrogens is 232 g/mol. The molecule has 112 valence electrons. The highest BCUT2D eigenvalue weighted by molar-refractivity contribution is 4.97. The molecule has 0 aromatic carbocycles. The Morgan fingerprint density at radius 1 is 1.11 bits per heavy atom. The van der Waals surface area contributed by atoms with Crippen LogP contribution in [-0.4, -0.2) is 36.1 Å². The van der Waals surface area contributed by atoms with Gasteiger partial charge in [-0.25, -0.2) is 0 Å². The van der Waals surface area contributed by atoms with Crippen LogP contribution in [0.1, 0.15) is 72.6 Å². The van der Waals surface area contributed by atoms with Crippen molar-refractivity contribution < 1.29 is 0 Å². The fourth-order valence-corrected chi connectivity index (χ4v) is 4.30. The largest absolute Gasteiger partial charge is 0.310 e. The third-order valence-corrected chi connectivity index (χ3v) is 5.87. The third kappa shape index (κ3) is 3.33. The van der Waals surface area contributed by atoms with Crippen molar-refractivity contribution in [2.24, 2.45) is 5.41 Å². The smallest absolute Gasteiger partial charge is 0.0303 e. The van der Waals surface area contributed by atoms with Crippen molar-refractivity contribution in [3.63, 3.8) is 0 Å². The van der Waals surface area contributed by atoms with Crippen LogP contribution in [-0.2, 0) is 0 Å². The molecule has 1 saturated heterocycles. The Bertz CT molecular complexity index is 281. The van der Waals surface area contributed by atoms with Crippen LogP contribution in [0.4, 0.5) is 0 Å². The molecule has 1 aliphatic heterocycles. The van der Waals surface area contributed by atoms with Crippen LogP contribution < -0.4 is 5.32 Å². The highest BCUT2D eigenvalue weighted by Gasteiger charge is 2.40. The van der Waals surface area contributed by atoms with E-state index in [1.807, 2.05) is 0 Å². The minimum absolute atomic E-state index is 0.365. The van der Waals surface area contributed by atoms with E-state index in [0.29, 0.717) is 11.0 Å². The lowest BCUT2D eigenvalue weighted by Gasteiger charge is -2.47. The van der Waals surface area contributed by atoms with Gasteiger partial charge < -0.3 is 5.32 Å². The SMILES string of the molecule is CCC1(CC)CN(C2CCCCC2(C)C)CCCN1. The number of hydrogen-bond acceptors (Lipinski definition) is 2. The lowest BCUT2D eigenvalue weighted by molar-refractivity contribution is 0.0345. The molecule has 19 heavy (non-hydrogen) atoms. The van der Waals surface area contributed by atoms with E-state index in [-0.39, 0.29) is 0 Å². The molecule has 2 fully saturated rings. The molecule has 1 unspecified atom stereocenters. The average Bonchev–Trinajstić information content (AvgIpc) is 2.61. The van der Waals surface area contributed by atoms with Gasteiger partial charge >= 0.3 is 0 Å². The summed E-state index contributed by atoms with van der Waals surface area (Å²) in [5.41, 5.74) is 0.875. The van der Waals surface area contributed by atoms with E-state index in [0.717, 1.165) is 6.04 Å². The summed E-state index contributed by atoms with van der Waals surface area (Å²) in [5, 5.41) is 3.85. The van der Waals surface area contributed by atoms with Gasteiger partial charge in [-0.3, -0.25) is 4.90 Å². The predicted molar refractivity (Wildman–Crippen MR) is 83.5 cm³/mol. The van der Waals surface area contributed by atoms with Crippen LogP contribution >= 0.6 is 0 Å². The van der Waals surface area contributed by atoms with Crippen LogP contribution in [0.25, 0.3) is 0 Å². The lowest BCUT2D eigenvalue weighted by atomic mass is 9.72. The zero-order valence-electron chi connectivity index (χ0n) is 13.6. The molecule has 2 aliphatic rings. The van der Waals surface area contributed by atoms with Gasteiger partial charge in [0.25, 0.3) is 0 Å². The van der Waals surface area contributed by atoms with Gasteiger partial charge in [0.15, 0.2) is 0 Å². The normalized spacial score (nSPS) is 31.9. The van der Waals surface area contributed by atoms with Crippen LogP contribution in [0.2, 0.25) is 0 Å². The Hall–Kier alpha value is -0.0800. The maximum atomic E-state index is 3.85. The Morgan fingerprint density at radius 3 is 2.47 bits per heavy atom. The number of hydrogen-bond donors (Lipinski definition) is 1. The van der Waals surface area contributed by atoms with Gasteiger partial charge in [-0.05, 0) is 50.6 Å². The minimum Gasteiger partial charge on any atom is -0.310 e. The predicted octanol–water partition coefficient (Wildman–Crippen LogP) is 3.81. The van der Waals surface area contributed by atoms with E-state index in [1.54, 1.807) is 0 Å². The molecule has 1 N–H and O–H groups in total. The Kier molecular flexibility index (Phi) is 4.94. The molecule has 0 aromatic heterocycles. The molecule has 0 aromatic rings. The van der Waals surface area contributed by atoms with E-state index in [4.69, 9.17) is 0 Å². The van der Waals surface area contributed by atoms with E-state index >= 15 is 0 Å². The molecule has 1 heterocycles. The standard InChI is InChI=1S/C17H34N2/c1-5-17(6-2)14-19(13-9-12-18-17)15-10-7-8-11-16(15,3)4/h15,18H,5-14H2,1-4H3. The second kappa shape index (κ2) is 6.13. The first-order chi connectivity index (χ1) is 9.03. The molecule has 2 nitrogen and oxygen atoms in total. The zero-order valence-corrected chi connectivity index (χ0v) is 13.6. The van der Waals surface area contributed by atoms with Crippen LogP contribution in [0.3, 0.4) is 0 Å². The first-order valence-corrected chi connectivity index (χ1v) is 8.52. The maximum absolute atomic E-state index is 3.85. The topological polar surface area (TPSA) is 15.3 Å². The van der Waals surface area contributed by atoms with Gasteiger partial charge in [0.1, 0.15) is 0 Å². The summed E-state index contributed by atoms with van der Waals surface area (Å²) < 4.78 is 0. The highest BCUT2D eigenvalue weighted by Crippen LogP contribution is 2.39. The summed E-state index contributed by atoms with van der Waals surface area (Å²) in [6.45, 7) is 13.4. The molecule has 2 heteroatoms. The Labute approximate surface area is 120 Å². The van der Waals surface area contributed by atoms with E-state index in [2.05, 4.69) is 37.9 Å². The van der Waals surface area contributed by atoms with E-state index < -0.39 is 0 Å². The fraction of sp³-hybridized carbons (Fsp3) is 1.00. The number of nitrogens with one attached hydrogen (secondary N) is 1. The summed E-state index contributed by atoms with van der Waals surface area (Å²) in [5.74, 6) is 0. The second-order valence-corrected chi connectivity index (χ2v) is 7.49. The van der Waals surface area contributed by atoms with Crippen molar-refractivity contribution >= 4 is 0 Å². The van der Waals surface area contributed by atoms with Crippen molar-refractivity contribution in [3.05, 3.63) is 0 Å². The monoisotopic (exact) mass is 266 g/mol. The molecule has 0 spiro atoms. The number of rotatable bonds is 3. The van der Waals surface area contributed by atoms with E-state index in [9.17, 15) is 0 Å². The second-order valence-electron chi connectivity index (χ2n) is 7.49. The van der Waals surface area contributed by atoms with Crippen LogP contribution in [0, 0.1) is 5.41 Å². The van der Waals surface area contributed by atoms with Gasteiger partial charge in [-0.1, -0.05) is 40.5 Å². The van der Waals surface area contributed by atoms with Crippen molar-refractivity contribution in [2.75, 3.05) is 19.6 Å². The molecule has 1 aliphatic carbocycles. The molecule has 0 radical (unpaired) electrons. The fourth-order valence-electron chi connectivity index (χ4n) is 4.30. The van der Waals surface area contributed by atoms with E-state index in [1.165, 1.54) is 64.6 Å². The Balaban J connectivity index is 2.13.